The molecule has 40 atom stereocenters. The summed E-state index contributed by atoms with van der Waals surface area (Å²) in [6, 6.07) is -5.35. The van der Waals surface area contributed by atoms with Crippen molar-refractivity contribution in [2.24, 2.45) is 0 Å². The number of aliphatic hydroxyl groups excluding tert-OH is 22. The molecule has 8 fully saturated rings. The van der Waals surface area contributed by atoms with Gasteiger partial charge in [0.05, 0.1) is 52.4 Å². The van der Waals surface area contributed by atoms with Crippen molar-refractivity contribution < 1.29 is 198 Å². The summed E-state index contributed by atoms with van der Waals surface area (Å²) < 4.78 is 87.0. The van der Waals surface area contributed by atoms with Crippen LogP contribution in [-0.2, 0) is 85.4 Å². The number of ether oxygens (including phenoxy) is 15. The molecule has 0 radical (unpaired) electrons. The van der Waals surface area contributed by atoms with Crippen LogP contribution in [0.3, 0.4) is 0 Å². The van der Waals surface area contributed by atoms with E-state index in [0.717, 1.165) is 20.8 Å². The van der Waals surface area contributed by atoms with E-state index in [2.05, 4.69) is 16.0 Å². The molecule has 0 unspecified atom stereocenters. The molecule has 8 aliphatic heterocycles. The topological polar surface area (TPSA) is 671 Å². The highest BCUT2D eigenvalue weighted by atomic mass is 16.8. The van der Waals surface area contributed by atoms with Crippen LogP contribution in [0.2, 0.25) is 0 Å². The molecule has 25 N–H and O–H groups in total. The van der Waals surface area contributed by atoms with E-state index in [9.17, 15) is 127 Å². The zero-order valence-electron chi connectivity index (χ0n) is 52.2. The van der Waals surface area contributed by atoms with Gasteiger partial charge in [-0.25, -0.2) is 0 Å². The van der Waals surface area contributed by atoms with Crippen LogP contribution in [0.25, 0.3) is 0 Å². The van der Waals surface area contributed by atoms with Crippen LogP contribution in [0.5, 0.6) is 0 Å². The van der Waals surface area contributed by atoms with Crippen molar-refractivity contribution in [1.82, 2.24) is 16.0 Å². The van der Waals surface area contributed by atoms with Gasteiger partial charge in [0.1, 0.15) is 189 Å². The molecule has 97 heavy (non-hydrogen) atoms. The number of nitrogens with one attached hydrogen (secondary N) is 3. The van der Waals surface area contributed by atoms with E-state index in [-0.39, 0.29) is 0 Å². The molecule has 0 aliphatic carbocycles. The minimum Gasteiger partial charge on any atom is -0.394 e. The van der Waals surface area contributed by atoms with Gasteiger partial charge in [-0.1, -0.05) is 0 Å². The molecule has 0 aromatic carbocycles. The van der Waals surface area contributed by atoms with Gasteiger partial charge in [-0.2, -0.15) is 0 Å². The number of carbonyl (C=O) groups excluding carboxylic acids is 3. The molecular weight excluding hydrogens is 1330 g/mol. The Hall–Kier alpha value is -3.07. The monoisotopic (exact) mass is 1420 g/mol. The summed E-state index contributed by atoms with van der Waals surface area (Å²) in [5.74, 6) is -2.57. The van der Waals surface area contributed by atoms with Gasteiger partial charge < -0.3 is 199 Å². The molecular formula is C54H91N3O40. The Labute approximate surface area is 549 Å². The van der Waals surface area contributed by atoms with E-state index in [1.165, 1.54) is 6.92 Å². The minimum atomic E-state index is -2.41. The van der Waals surface area contributed by atoms with Crippen LogP contribution in [0.1, 0.15) is 27.7 Å². The number of hydrogen-bond acceptors (Lipinski definition) is 40. The number of aliphatic hydroxyl groups is 22. The summed E-state index contributed by atoms with van der Waals surface area (Å²) in [6.07, 6.45) is -71.8. The summed E-state index contributed by atoms with van der Waals surface area (Å²) in [7, 11) is 0. The largest absolute Gasteiger partial charge is 0.394 e. The molecule has 0 bridgehead atoms. The first-order valence-corrected chi connectivity index (χ1v) is 31.0. The van der Waals surface area contributed by atoms with Gasteiger partial charge in [-0.3, -0.25) is 14.4 Å². The van der Waals surface area contributed by atoms with E-state index >= 15 is 0 Å². The molecule has 0 aromatic rings. The highest BCUT2D eigenvalue weighted by Gasteiger charge is 2.59. The highest BCUT2D eigenvalue weighted by molar-refractivity contribution is 5.74. The van der Waals surface area contributed by atoms with Crippen molar-refractivity contribution >= 4 is 17.7 Å². The first kappa shape index (κ1) is 79.6. The molecule has 8 aliphatic rings. The van der Waals surface area contributed by atoms with Gasteiger partial charge in [0.15, 0.2) is 50.3 Å². The maximum absolute atomic E-state index is 12.9. The quantitative estimate of drug-likeness (QED) is 0.0427. The fourth-order valence-corrected chi connectivity index (χ4v) is 12.4. The second-order valence-electron chi connectivity index (χ2n) is 24.6. The number of rotatable bonds is 24. The van der Waals surface area contributed by atoms with Gasteiger partial charge in [-0.05, 0) is 6.92 Å². The smallest absolute Gasteiger partial charge is 0.217 e. The molecule has 0 saturated carbocycles. The average Bonchev–Trinajstić information content (AvgIpc) is 0.790. The Balaban J connectivity index is 1.04. The van der Waals surface area contributed by atoms with Gasteiger partial charge in [-0.15, -0.1) is 0 Å². The highest BCUT2D eigenvalue weighted by Crippen LogP contribution is 2.38. The number of hydrogen-bond donors (Lipinski definition) is 25. The fourth-order valence-electron chi connectivity index (χ4n) is 12.4. The second kappa shape index (κ2) is 34.5. The summed E-state index contributed by atoms with van der Waals surface area (Å²) in [6.45, 7) is -2.61. The lowest BCUT2D eigenvalue weighted by Crippen LogP contribution is -2.70. The Morgan fingerprint density at radius 2 is 0.598 bits per heavy atom. The lowest BCUT2D eigenvalue weighted by Gasteiger charge is -2.51. The molecule has 8 heterocycles. The average molecular weight is 1420 g/mol. The summed E-state index contributed by atoms with van der Waals surface area (Å²) in [5, 5.41) is 247. The molecule has 562 valence electrons. The predicted octanol–water partition coefficient (Wildman–Crippen LogP) is -17.0. The molecule has 8 rings (SSSR count). The number of carbonyl (C=O) groups is 3. The first-order valence-electron chi connectivity index (χ1n) is 31.0. The van der Waals surface area contributed by atoms with Crippen molar-refractivity contribution in [3.8, 4) is 0 Å². The van der Waals surface area contributed by atoms with Gasteiger partial charge in [0.25, 0.3) is 0 Å². The summed E-state index contributed by atoms with van der Waals surface area (Å²) in [5.41, 5.74) is 0. The Morgan fingerprint density at radius 1 is 0.289 bits per heavy atom. The molecule has 3 amide bonds. The minimum absolute atomic E-state index is 0.785. The van der Waals surface area contributed by atoms with Crippen LogP contribution in [-0.4, -0.2) is 422 Å². The standard InChI is InChI=1S/C54H91N3O40/c1-12-26(66)33(73)37(77)50(85-12)84-11-22-45(30(70)23(47(82)86-22)55-13(2)63)94-49-25(57-15(4)65)32(72)43(19(8-61)90-49)96-54-41(81)46(29(69)21(92-54)10-83-51-38(78)34(74)27(67)16(5-58)87-51)97-53-40(80)36(76)44(20(9-62)91-53)93-48-24(56-14(3)64)31(71)42(18(7-60)89-48)95-52-39(79)35(75)28(68)17(6-59)88-52/h12,16-54,58-62,66-82H,5-11H2,1-4H3,(H,55,63)(H,56,64)(H,57,65)/t12-,16-,17-,18-,19-,20-,21-,22-,23-,24-,25-,26+,27-,28+,29-,30-,31-,32-,33+,34+,35+,36-,37-,38+,39-,40+,41+,42-,43-,44-,45-,46+,47-,48+,49+,50+,51+,52+,53-,54+/m1/s1. The normalized spacial score (nSPS) is 49.9. The van der Waals surface area contributed by atoms with E-state index in [0.29, 0.717) is 0 Å². The second-order valence-corrected chi connectivity index (χ2v) is 24.6. The van der Waals surface area contributed by atoms with Crippen LogP contribution in [0, 0.1) is 0 Å². The lowest BCUT2D eigenvalue weighted by atomic mass is 9.93. The fraction of sp³-hybridized carbons (Fsp3) is 0.944. The van der Waals surface area contributed by atoms with Gasteiger partial charge >= 0.3 is 0 Å². The van der Waals surface area contributed by atoms with Gasteiger partial charge in [0, 0.05) is 20.8 Å². The van der Waals surface area contributed by atoms with E-state index < -0.39 is 309 Å². The van der Waals surface area contributed by atoms with Crippen LogP contribution in [0.15, 0.2) is 0 Å². The molecule has 43 heteroatoms. The van der Waals surface area contributed by atoms with E-state index in [1.807, 2.05) is 0 Å². The Morgan fingerprint density at radius 3 is 1.05 bits per heavy atom. The Kier molecular flexibility index (Phi) is 28.3. The predicted molar refractivity (Wildman–Crippen MR) is 298 cm³/mol. The maximum atomic E-state index is 12.9. The summed E-state index contributed by atoms with van der Waals surface area (Å²) in [4.78, 5) is 37.8. The van der Waals surface area contributed by atoms with Crippen LogP contribution in [0.4, 0.5) is 0 Å². The first-order chi connectivity index (χ1) is 45.8. The molecule has 43 nitrogen and oxygen atoms in total. The third-order valence-corrected chi connectivity index (χ3v) is 17.8. The van der Waals surface area contributed by atoms with Gasteiger partial charge in [0.2, 0.25) is 17.7 Å². The maximum Gasteiger partial charge on any atom is 0.217 e. The van der Waals surface area contributed by atoms with Crippen molar-refractivity contribution in [3.05, 3.63) is 0 Å². The van der Waals surface area contributed by atoms with Crippen LogP contribution >= 0.6 is 0 Å². The number of amides is 3. The zero-order valence-corrected chi connectivity index (χ0v) is 52.2. The van der Waals surface area contributed by atoms with Crippen molar-refractivity contribution in [2.75, 3.05) is 46.2 Å². The SMILES string of the molecule is CC(=O)N[C@@H]1[C@@H](O)[C@H](O[C@@H]2O[C@H](CO)[C@@H](O[C@@H]3O[C@H](CO[C@H]4O[C@H](CO)[C@@H](O)[C@H](O)[C@@H]4O)[C@@H](O)[C@H](O[C@H]4O[C@H](CO)[C@@H](O[C@@H]5O[C@H](CO)[C@@H](O[C@@H]6O[C@H](CO)[C@H](O)[C@H](O)[C@H]6O)[C@H](O)[C@H]5NC(C)=O)[C@H](O)[C@@H]4O)[C@@H]3O)[C@H](O)[C@H]2NC(C)=O)[C@@H](CO[C@H]2O[C@H](C)[C@H](O)[C@H](O)[C@H]2O)O[C@H]1O. The Bertz CT molecular complexity index is 2490. The third kappa shape index (κ3) is 17.6. The third-order valence-electron chi connectivity index (χ3n) is 17.8. The zero-order chi connectivity index (χ0) is 71.5. The van der Waals surface area contributed by atoms with Crippen molar-refractivity contribution in [1.29, 1.82) is 0 Å². The van der Waals surface area contributed by atoms with E-state index in [4.69, 9.17) is 71.1 Å². The molecule has 0 spiro atoms. The molecule has 0 aromatic heterocycles. The molecule has 8 saturated heterocycles. The van der Waals surface area contributed by atoms with E-state index in [1.54, 1.807) is 0 Å². The summed E-state index contributed by atoms with van der Waals surface area (Å²) >= 11 is 0. The van der Waals surface area contributed by atoms with Crippen molar-refractivity contribution in [2.45, 2.75) is 273 Å². The lowest BCUT2D eigenvalue weighted by molar-refractivity contribution is -0.391. The van der Waals surface area contributed by atoms with Crippen molar-refractivity contribution in [3.63, 3.8) is 0 Å². The van der Waals surface area contributed by atoms with Crippen LogP contribution < -0.4 is 16.0 Å².